The molecular formula is C26H28N2O2. The molecule has 0 aliphatic rings. The van der Waals surface area contributed by atoms with Crippen molar-refractivity contribution in [1.82, 2.24) is 10.4 Å². The third-order valence-electron chi connectivity index (χ3n) is 5.10. The molecule has 1 N–H and O–H groups in total. The molecule has 0 radical (unpaired) electrons. The van der Waals surface area contributed by atoms with Crippen LogP contribution in [0.15, 0.2) is 78.9 Å². The topological polar surface area (TPSA) is 49.4 Å². The number of carbonyl (C=O) groups is 2. The van der Waals surface area contributed by atoms with Gasteiger partial charge in [-0.15, -0.1) is 0 Å². The summed E-state index contributed by atoms with van der Waals surface area (Å²) in [5.74, 6) is -0.383. The van der Waals surface area contributed by atoms with E-state index in [-0.39, 0.29) is 17.9 Å². The lowest BCUT2D eigenvalue weighted by Crippen LogP contribution is -2.50. The Labute approximate surface area is 178 Å². The molecule has 4 heteroatoms. The summed E-state index contributed by atoms with van der Waals surface area (Å²) < 4.78 is 0. The van der Waals surface area contributed by atoms with Crippen molar-refractivity contribution in [3.63, 3.8) is 0 Å². The van der Waals surface area contributed by atoms with Gasteiger partial charge < -0.3 is 0 Å². The molecule has 2 amide bonds. The number of aryl methyl sites for hydroxylation is 2. The van der Waals surface area contributed by atoms with Crippen LogP contribution in [0.3, 0.4) is 0 Å². The quantitative estimate of drug-likeness (QED) is 0.580. The van der Waals surface area contributed by atoms with Crippen LogP contribution < -0.4 is 5.43 Å². The summed E-state index contributed by atoms with van der Waals surface area (Å²) in [6, 6.07) is 25.2. The van der Waals surface area contributed by atoms with Gasteiger partial charge in [-0.05, 0) is 61.6 Å². The first-order valence-electron chi connectivity index (χ1n) is 10.3. The van der Waals surface area contributed by atoms with Crippen molar-refractivity contribution in [1.29, 1.82) is 0 Å². The second-order valence-corrected chi connectivity index (χ2v) is 7.64. The lowest BCUT2D eigenvalue weighted by atomic mass is 9.94. The SMILES string of the molecule is Cc1ccccc1-c1ccccc1CCC(=O)N(NC(=O)c1ccccc1)C(C)C. The number of amides is 2. The first-order valence-corrected chi connectivity index (χ1v) is 10.3. The molecule has 3 aromatic rings. The van der Waals surface area contributed by atoms with Gasteiger partial charge in [0.05, 0.1) is 0 Å². The van der Waals surface area contributed by atoms with Crippen LogP contribution in [0.5, 0.6) is 0 Å². The van der Waals surface area contributed by atoms with Gasteiger partial charge >= 0.3 is 0 Å². The zero-order valence-electron chi connectivity index (χ0n) is 17.8. The summed E-state index contributed by atoms with van der Waals surface area (Å²) in [6.07, 6.45) is 0.921. The minimum Gasteiger partial charge on any atom is -0.273 e. The molecule has 0 heterocycles. The number of rotatable bonds is 6. The number of hydrogen-bond acceptors (Lipinski definition) is 2. The Balaban J connectivity index is 1.72. The highest BCUT2D eigenvalue weighted by Gasteiger charge is 2.20. The molecule has 0 saturated carbocycles. The van der Waals surface area contributed by atoms with E-state index in [2.05, 4.69) is 36.6 Å². The van der Waals surface area contributed by atoms with Gasteiger partial charge in [-0.2, -0.15) is 0 Å². The molecule has 0 atom stereocenters. The standard InChI is InChI=1S/C26H28N2O2/c1-19(2)28(27-26(30)22-13-5-4-6-14-22)25(29)18-17-21-12-8-10-16-24(21)23-15-9-7-11-20(23)3/h4-16,19H,17-18H2,1-3H3,(H,27,30). The molecule has 0 saturated heterocycles. The number of nitrogens with zero attached hydrogens (tertiary/aromatic N) is 1. The van der Waals surface area contributed by atoms with Crippen molar-refractivity contribution in [2.75, 3.05) is 0 Å². The Kier molecular flexibility index (Phi) is 7.02. The smallest absolute Gasteiger partial charge is 0.269 e. The van der Waals surface area contributed by atoms with Gasteiger partial charge in [0.1, 0.15) is 0 Å². The van der Waals surface area contributed by atoms with Crippen LogP contribution in [0.4, 0.5) is 0 Å². The molecule has 0 unspecified atom stereocenters. The molecule has 154 valence electrons. The van der Waals surface area contributed by atoms with Gasteiger partial charge in [0, 0.05) is 18.0 Å². The third kappa shape index (κ3) is 5.15. The fraction of sp³-hybridized carbons (Fsp3) is 0.231. The number of hydrazine groups is 1. The maximum atomic E-state index is 13.0. The Morgan fingerprint density at radius 3 is 2.10 bits per heavy atom. The highest BCUT2D eigenvalue weighted by molar-refractivity contribution is 5.95. The molecule has 0 aliphatic carbocycles. The first kappa shape index (κ1) is 21.3. The molecule has 4 nitrogen and oxygen atoms in total. The second-order valence-electron chi connectivity index (χ2n) is 7.64. The Morgan fingerprint density at radius 1 is 0.833 bits per heavy atom. The van der Waals surface area contributed by atoms with E-state index in [9.17, 15) is 9.59 Å². The Bertz CT molecular complexity index is 1010. The van der Waals surface area contributed by atoms with Crippen LogP contribution in [0.2, 0.25) is 0 Å². The summed E-state index contributed by atoms with van der Waals surface area (Å²) in [4.78, 5) is 25.5. The lowest BCUT2D eigenvalue weighted by molar-refractivity contribution is -0.135. The maximum absolute atomic E-state index is 13.0. The molecular weight excluding hydrogens is 372 g/mol. The molecule has 0 aliphatic heterocycles. The van der Waals surface area contributed by atoms with E-state index in [0.29, 0.717) is 18.4 Å². The van der Waals surface area contributed by atoms with Gasteiger partial charge in [-0.3, -0.25) is 20.0 Å². The summed E-state index contributed by atoms with van der Waals surface area (Å²) in [7, 11) is 0. The largest absolute Gasteiger partial charge is 0.273 e. The van der Waals surface area contributed by atoms with Gasteiger partial charge in [-0.1, -0.05) is 66.7 Å². The molecule has 30 heavy (non-hydrogen) atoms. The lowest BCUT2D eigenvalue weighted by Gasteiger charge is -2.27. The number of nitrogens with one attached hydrogen (secondary N) is 1. The van der Waals surface area contributed by atoms with Gasteiger partial charge in [0.25, 0.3) is 5.91 Å². The zero-order chi connectivity index (χ0) is 21.5. The Morgan fingerprint density at radius 2 is 1.43 bits per heavy atom. The number of hydrogen-bond donors (Lipinski definition) is 1. The fourth-order valence-corrected chi connectivity index (χ4v) is 3.48. The average Bonchev–Trinajstić information content (AvgIpc) is 2.76. The highest BCUT2D eigenvalue weighted by atomic mass is 16.2. The van der Waals surface area contributed by atoms with Crippen molar-refractivity contribution in [2.24, 2.45) is 0 Å². The predicted molar refractivity (Wildman–Crippen MR) is 121 cm³/mol. The van der Waals surface area contributed by atoms with Crippen molar-refractivity contribution in [2.45, 2.75) is 39.7 Å². The van der Waals surface area contributed by atoms with E-state index < -0.39 is 0 Å². The van der Waals surface area contributed by atoms with Crippen molar-refractivity contribution < 1.29 is 9.59 Å². The number of benzene rings is 3. The van der Waals surface area contributed by atoms with E-state index in [0.717, 1.165) is 11.1 Å². The monoisotopic (exact) mass is 400 g/mol. The fourth-order valence-electron chi connectivity index (χ4n) is 3.48. The van der Waals surface area contributed by atoms with Crippen LogP contribution in [-0.2, 0) is 11.2 Å². The summed E-state index contributed by atoms with van der Waals surface area (Å²) in [5, 5.41) is 1.44. The van der Waals surface area contributed by atoms with E-state index in [1.54, 1.807) is 24.3 Å². The van der Waals surface area contributed by atoms with Crippen LogP contribution in [0.1, 0.15) is 41.8 Å². The average molecular weight is 401 g/mol. The maximum Gasteiger partial charge on any atom is 0.269 e. The van der Waals surface area contributed by atoms with E-state index >= 15 is 0 Å². The van der Waals surface area contributed by atoms with Crippen LogP contribution in [-0.4, -0.2) is 22.9 Å². The number of carbonyl (C=O) groups excluding carboxylic acids is 2. The molecule has 3 rings (SSSR count). The van der Waals surface area contributed by atoms with Crippen molar-refractivity contribution >= 4 is 11.8 Å². The van der Waals surface area contributed by atoms with E-state index in [1.807, 2.05) is 44.2 Å². The summed E-state index contributed by atoms with van der Waals surface area (Å²) in [6.45, 7) is 5.88. The first-order chi connectivity index (χ1) is 14.5. The minimum absolute atomic E-state index is 0.103. The normalized spacial score (nSPS) is 10.7. The predicted octanol–water partition coefficient (Wildman–Crippen LogP) is 5.18. The molecule has 3 aromatic carbocycles. The van der Waals surface area contributed by atoms with Gasteiger partial charge in [0.15, 0.2) is 0 Å². The molecule has 0 bridgehead atoms. The molecule has 0 spiro atoms. The molecule has 0 fully saturated rings. The van der Waals surface area contributed by atoms with Crippen LogP contribution in [0, 0.1) is 6.92 Å². The summed E-state index contributed by atoms with van der Waals surface area (Å²) in [5.41, 5.74) is 7.95. The molecule has 0 aromatic heterocycles. The van der Waals surface area contributed by atoms with Crippen molar-refractivity contribution in [3.8, 4) is 11.1 Å². The van der Waals surface area contributed by atoms with Crippen molar-refractivity contribution in [3.05, 3.63) is 95.6 Å². The Hall–Kier alpha value is -3.40. The van der Waals surface area contributed by atoms with Crippen LogP contribution >= 0.6 is 0 Å². The second kappa shape index (κ2) is 9.88. The van der Waals surface area contributed by atoms with Gasteiger partial charge in [-0.25, -0.2) is 0 Å². The highest BCUT2D eigenvalue weighted by Crippen LogP contribution is 2.27. The van der Waals surface area contributed by atoms with E-state index in [4.69, 9.17) is 0 Å². The minimum atomic E-state index is -0.280. The van der Waals surface area contributed by atoms with E-state index in [1.165, 1.54) is 16.1 Å². The van der Waals surface area contributed by atoms with Crippen LogP contribution in [0.25, 0.3) is 11.1 Å². The summed E-state index contributed by atoms with van der Waals surface area (Å²) >= 11 is 0. The zero-order valence-corrected chi connectivity index (χ0v) is 17.8. The van der Waals surface area contributed by atoms with Gasteiger partial charge in [0.2, 0.25) is 5.91 Å². The third-order valence-corrected chi connectivity index (χ3v) is 5.10.